The van der Waals surface area contributed by atoms with Crippen LogP contribution in [0.25, 0.3) is 0 Å². The number of hydrogen-bond donors (Lipinski definition) is 1. The number of hydrogen-bond acceptors (Lipinski definition) is 3. The number of carbonyl (C=O) groups excluding carboxylic acids is 1. The van der Waals surface area contributed by atoms with Crippen LogP contribution in [0.2, 0.25) is 0 Å². The molecule has 0 aliphatic rings. The first-order valence-corrected chi connectivity index (χ1v) is 10.5. The molecule has 0 aromatic heterocycles. The van der Waals surface area contributed by atoms with Crippen molar-refractivity contribution >= 4 is 11.7 Å². The third kappa shape index (κ3) is 7.80. The molecule has 148 valence electrons. The minimum absolute atomic E-state index is 0.0526. The number of esters is 1. The van der Waals surface area contributed by atoms with E-state index in [2.05, 4.69) is 52.1 Å². The summed E-state index contributed by atoms with van der Waals surface area (Å²) in [5, 5.41) is 3.53. The van der Waals surface area contributed by atoms with Gasteiger partial charge in [-0.25, -0.2) is 0 Å². The molecule has 0 aliphatic carbocycles. The molecule has 0 spiro atoms. The van der Waals surface area contributed by atoms with Crippen molar-refractivity contribution in [1.29, 1.82) is 0 Å². The van der Waals surface area contributed by atoms with Gasteiger partial charge in [-0.15, -0.1) is 0 Å². The van der Waals surface area contributed by atoms with E-state index in [0.717, 1.165) is 43.4 Å². The van der Waals surface area contributed by atoms with Crippen molar-refractivity contribution in [3.63, 3.8) is 0 Å². The summed E-state index contributed by atoms with van der Waals surface area (Å²) in [6, 6.07) is 8.73. The monoisotopic (exact) mass is 361 g/mol. The van der Waals surface area contributed by atoms with E-state index in [1.54, 1.807) is 0 Å². The fourth-order valence-corrected chi connectivity index (χ4v) is 3.34. The molecule has 0 heterocycles. The third-order valence-electron chi connectivity index (χ3n) is 5.10. The van der Waals surface area contributed by atoms with Crippen molar-refractivity contribution in [2.24, 2.45) is 5.41 Å². The highest BCUT2D eigenvalue weighted by molar-refractivity contribution is 5.76. The third-order valence-corrected chi connectivity index (χ3v) is 5.10. The van der Waals surface area contributed by atoms with Crippen LogP contribution in [0.5, 0.6) is 0 Å². The number of unbranched alkanes of at least 4 members (excludes halogenated alkanes) is 2. The van der Waals surface area contributed by atoms with E-state index in [1.165, 1.54) is 19.3 Å². The van der Waals surface area contributed by atoms with E-state index >= 15 is 0 Å². The standard InChI is InChI=1S/C23H39NO2/c1-6-9-11-19(4)24-21-14-12-20(13-15-21)18-26-22(25)23(5,16-8-3)17-10-7-2/h12-15,19,24H,6-11,16-18H2,1-5H3. The average Bonchev–Trinajstić information content (AvgIpc) is 2.64. The van der Waals surface area contributed by atoms with Gasteiger partial charge in [-0.05, 0) is 50.8 Å². The number of benzene rings is 1. The summed E-state index contributed by atoms with van der Waals surface area (Å²) in [7, 11) is 0. The zero-order valence-corrected chi connectivity index (χ0v) is 17.6. The topological polar surface area (TPSA) is 38.3 Å². The van der Waals surface area contributed by atoms with Gasteiger partial charge in [0.2, 0.25) is 0 Å². The molecule has 1 rings (SSSR count). The second kappa shape index (κ2) is 12.0. The second-order valence-electron chi connectivity index (χ2n) is 7.87. The fraction of sp³-hybridized carbons (Fsp3) is 0.696. The fourth-order valence-electron chi connectivity index (χ4n) is 3.34. The number of anilines is 1. The van der Waals surface area contributed by atoms with Crippen molar-refractivity contribution in [3.8, 4) is 0 Å². The van der Waals surface area contributed by atoms with E-state index in [9.17, 15) is 4.79 Å². The first kappa shape index (κ1) is 22.5. The molecule has 0 radical (unpaired) electrons. The molecule has 0 saturated carbocycles. The molecule has 0 aliphatic heterocycles. The summed E-state index contributed by atoms with van der Waals surface area (Å²) in [5.74, 6) is -0.0526. The maximum absolute atomic E-state index is 12.6. The van der Waals surface area contributed by atoms with Gasteiger partial charge in [0.1, 0.15) is 6.61 Å². The van der Waals surface area contributed by atoms with Crippen LogP contribution in [0.1, 0.15) is 91.5 Å². The van der Waals surface area contributed by atoms with Crippen LogP contribution in [-0.2, 0) is 16.1 Å². The molecule has 26 heavy (non-hydrogen) atoms. The molecule has 0 amide bonds. The van der Waals surface area contributed by atoms with Gasteiger partial charge in [0.05, 0.1) is 5.41 Å². The van der Waals surface area contributed by atoms with Crippen molar-refractivity contribution in [2.45, 2.75) is 98.6 Å². The number of ether oxygens (including phenoxy) is 1. The van der Waals surface area contributed by atoms with Crippen LogP contribution in [-0.4, -0.2) is 12.0 Å². The first-order chi connectivity index (χ1) is 12.4. The predicted octanol–water partition coefficient (Wildman–Crippen LogP) is 6.72. The lowest BCUT2D eigenvalue weighted by atomic mass is 9.81. The average molecular weight is 362 g/mol. The highest BCUT2D eigenvalue weighted by Crippen LogP contribution is 2.31. The minimum atomic E-state index is -0.346. The van der Waals surface area contributed by atoms with E-state index in [4.69, 9.17) is 4.74 Å². The highest BCUT2D eigenvalue weighted by Gasteiger charge is 2.33. The lowest BCUT2D eigenvalue weighted by Crippen LogP contribution is -2.29. The molecule has 1 aromatic rings. The van der Waals surface area contributed by atoms with Crippen LogP contribution >= 0.6 is 0 Å². The van der Waals surface area contributed by atoms with E-state index in [-0.39, 0.29) is 11.4 Å². The molecule has 2 atom stereocenters. The molecular weight excluding hydrogens is 322 g/mol. The van der Waals surface area contributed by atoms with Crippen molar-refractivity contribution in [3.05, 3.63) is 29.8 Å². The Morgan fingerprint density at radius 3 is 2.27 bits per heavy atom. The molecule has 3 heteroatoms. The smallest absolute Gasteiger partial charge is 0.312 e. The Hall–Kier alpha value is -1.51. The molecule has 0 fully saturated rings. The maximum Gasteiger partial charge on any atom is 0.312 e. The Labute approximate surface area is 160 Å². The summed E-state index contributed by atoms with van der Waals surface area (Å²) >= 11 is 0. The molecule has 0 bridgehead atoms. The van der Waals surface area contributed by atoms with Gasteiger partial charge in [0.15, 0.2) is 0 Å². The van der Waals surface area contributed by atoms with Crippen LogP contribution in [0.4, 0.5) is 5.69 Å². The Kier molecular flexibility index (Phi) is 10.4. The van der Waals surface area contributed by atoms with Gasteiger partial charge in [0, 0.05) is 11.7 Å². The van der Waals surface area contributed by atoms with Crippen LogP contribution in [0.3, 0.4) is 0 Å². The summed E-state index contributed by atoms with van der Waals surface area (Å²) in [6.45, 7) is 11.1. The van der Waals surface area contributed by atoms with Gasteiger partial charge in [-0.2, -0.15) is 0 Å². The maximum atomic E-state index is 12.6. The van der Waals surface area contributed by atoms with Crippen molar-refractivity contribution in [2.75, 3.05) is 5.32 Å². The van der Waals surface area contributed by atoms with Crippen LogP contribution < -0.4 is 5.32 Å². The summed E-state index contributed by atoms with van der Waals surface area (Å²) in [6.07, 6.45) is 8.65. The van der Waals surface area contributed by atoms with Gasteiger partial charge in [-0.1, -0.05) is 65.0 Å². The molecule has 1 aromatic carbocycles. The summed E-state index contributed by atoms with van der Waals surface area (Å²) in [4.78, 5) is 12.6. The highest BCUT2D eigenvalue weighted by atomic mass is 16.5. The number of nitrogens with one attached hydrogen (secondary N) is 1. The molecule has 2 unspecified atom stereocenters. The lowest BCUT2D eigenvalue weighted by Gasteiger charge is -2.27. The Morgan fingerprint density at radius 2 is 1.69 bits per heavy atom. The molecule has 1 N–H and O–H groups in total. The predicted molar refractivity (Wildman–Crippen MR) is 111 cm³/mol. The SMILES string of the molecule is CCCCC(C)Nc1ccc(COC(=O)C(C)(CCC)CCCC)cc1. The zero-order valence-electron chi connectivity index (χ0n) is 17.6. The van der Waals surface area contributed by atoms with Gasteiger partial charge in [0.25, 0.3) is 0 Å². The Bertz CT molecular complexity index is 511. The quantitative estimate of drug-likeness (QED) is 0.396. The molecule has 3 nitrogen and oxygen atoms in total. The summed E-state index contributed by atoms with van der Waals surface area (Å²) in [5.41, 5.74) is 1.82. The van der Waals surface area contributed by atoms with Gasteiger partial charge >= 0.3 is 5.97 Å². The molecule has 0 saturated heterocycles. The van der Waals surface area contributed by atoms with E-state index < -0.39 is 0 Å². The first-order valence-electron chi connectivity index (χ1n) is 10.5. The molecular formula is C23H39NO2. The van der Waals surface area contributed by atoms with E-state index in [0.29, 0.717) is 12.6 Å². The van der Waals surface area contributed by atoms with Crippen molar-refractivity contribution < 1.29 is 9.53 Å². The Balaban J connectivity index is 2.54. The second-order valence-corrected chi connectivity index (χ2v) is 7.87. The van der Waals surface area contributed by atoms with Crippen molar-refractivity contribution in [1.82, 2.24) is 0 Å². The zero-order chi connectivity index (χ0) is 19.4. The van der Waals surface area contributed by atoms with Gasteiger partial charge in [-0.3, -0.25) is 4.79 Å². The van der Waals surface area contributed by atoms with E-state index in [1.807, 2.05) is 12.1 Å². The lowest BCUT2D eigenvalue weighted by molar-refractivity contribution is -0.157. The number of rotatable bonds is 13. The van der Waals surface area contributed by atoms with Gasteiger partial charge < -0.3 is 10.1 Å². The largest absolute Gasteiger partial charge is 0.460 e. The van der Waals surface area contributed by atoms with Crippen LogP contribution in [0, 0.1) is 5.41 Å². The summed E-state index contributed by atoms with van der Waals surface area (Å²) < 4.78 is 5.66. The number of carbonyl (C=O) groups is 1. The Morgan fingerprint density at radius 1 is 1.04 bits per heavy atom. The normalized spacial score (nSPS) is 14.5. The van der Waals surface area contributed by atoms with Crippen LogP contribution in [0.15, 0.2) is 24.3 Å². The minimum Gasteiger partial charge on any atom is -0.460 e.